The van der Waals surface area contributed by atoms with Gasteiger partial charge >= 0.3 is 5.82 Å². The summed E-state index contributed by atoms with van der Waals surface area (Å²) in [5.74, 6) is -2.21. The molecule has 398 valence electrons. The second-order valence-corrected chi connectivity index (χ2v) is 22.9. The van der Waals surface area contributed by atoms with E-state index in [1.165, 1.54) is 65.5 Å². The number of sulfone groups is 2. The van der Waals surface area contributed by atoms with E-state index < -0.39 is 60.7 Å². The average molecular weight is 1080 g/mol. The Balaban J connectivity index is 0.970. The lowest BCUT2D eigenvalue weighted by molar-refractivity contribution is -0.687. The van der Waals surface area contributed by atoms with E-state index in [1.807, 2.05) is 0 Å². The SMILES string of the molecule is CCC(C)S(=O)(=O)c1ccc(-c2cnc(N)c(-c3nnc(-c4ccc(CNCC(F)C[n+]5cc(-c6ccc(S(=O)(=O)C(C)CC)cc6)nc(-c6nnc(-c7ccc(CNC(C)CF)cc7F)o6)c5N)cc4F)o3)n2)cc1. The minimum absolute atomic E-state index is 0.0199. The number of hydrogen-bond donors (Lipinski definition) is 4. The molecule has 0 bridgehead atoms. The van der Waals surface area contributed by atoms with Crippen molar-refractivity contribution in [1.29, 1.82) is 0 Å². The fourth-order valence-corrected chi connectivity index (χ4v) is 10.6. The number of rotatable bonds is 22. The number of nitrogens with one attached hydrogen (secondary N) is 2. The van der Waals surface area contributed by atoms with Gasteiger partial charge in [0, 0.05) is 36.8 Å². The molecule has 4 unspecified atom stereocenters. The summed E-state index contributed by atoms with van der Waals surface area (Å²) < 4.78 is 125. The average Bonchev–Trinajstić information content (AvgIpc) is 4.13. The first-order valence-electron chi connectivity index (χ1n) is 24.2. The van der Waals surface area contributed by atoms with Crippen LogP contribution >= 0.6 is 0 Å². The van der Waals surface area contributed by atoms with Crippen LogP contribution in [0, 0.1) is 11.6 Å². The number of halogens is 4. The van der Waals surface area contributed by atoms with Crippen LogP contribution in [0.5, 0.6) is 0 Å². The van der Waals surface area contributed by atoms with E-state index in [4.69, 9.17) is 20.3 Å². The molecule has 24 heteroatoms. The standard InChI is InChI=1S/C52H54F4N12O6S2/c1-6-30(4)75(69,70)37-14-10-34(11-15-37)43-26-61-47(57)45(62-43)51-66-64-49(73-51)39-18-8-32(20-41(39)55)23-59-25-36(54)27-68-28-44(35-12-16-38(17-13-35)76(71,72)31(5)7-2)63-46(48(68)58)52-67-65-50(74-52)40-19-9-33(21-42(40)56)24-60-29(3)22-53/h8-21,26,28-31,36,58-60H,6-7,22-25,27H2,1-5H3,(H2,57,61,66)/p+1. The van der Waals surface area contributed by atoms with E-state index in [9.17, 15) is 21.2 Å². The maximum atomic E-state index is 16.0. The monoisotopic (exact) mass is 1080 g/mol. The predicted molar refractivity (Wildman–Crippen MR) is 276 cm³/mol. The zero-order chi connectivity index (χ0) is 54.5. The molecule has 0 spiro atoms. The van der Waals surface area contributed by atoms with Crippen LogP contribution in [0.25, 0.3) is 68.6 Å². The molecule has 4 aromatic heterocycles. The van der Waals surface area contributed by atoms with Gasteiger partial charge in [-0.15, -0.1) is 20.4 Å². The number of hydrogen-bond acceptors (Lipinski definition) is 17. The Morgan fingerprint density at radius 1 is 0.658 bits per heavy atom. The Kier molecular flexibility index (Phi) is 16.7. The Morgan fingerprint density at radius 2 is 1.14 bits per heavy atom. The Hall–Kier alpha value is -7.54. The molecule has 0 aliphatic rings. The van der Waals surface area contributed by atoms with Crippen LogP contribution in [0.1, 0.15) is 58.6 Å². The van der Waals surface area contributed by atoms with Gasteiger partial charge in [-0.05, 0) is 93.3 Å². The molecule has 4 atom stereocenters. The second-order valence-electron chi connectivity index (χ2n) is 18.2. The molecule has 0 aliphatic carbocycles. The zero-order valence-electron chi connectivity index (χ0n) is 42.0. The van der Waals surface area contributed by atoms with Crippen LogP contribution in [0.2, 0.25) is 0 Å². The predicted octanol–water partition coefficient (Wildman–Crippen LogP) is 8.09. The van der Waals surface area contributed by atoms with Crippen molar-refractivity contribution in [3.63, 3.8) is 0 Å². The fraction of sp³-hybridized carbons (Fsp3) is 0.308. The van der Waals surface area contributed by atoms with Crippen molar-refractivity contribution in [3.05, 3.63) is 120 Å². The van der Waals surface area contributed by atoms with Gasteiger partial charge in [0.25, 0.3) is 23.6 Å². The normalized spacial score (nSPS) is 13.6. The van der Waals surface area contributed by atoms with Crippen LogP contribution in [0.3, 0.4) is 0 Å². The van der Waals surface area contributed by atoms with Gasteiger partial charge in [-0.1, -0.05) is 50.2 Å². The molecule has 76 heavy (non-hydrogen) atoms. The third-order valence-electron chi connectivity index (χ3n) is 12.8. The van der Waals surface area contributed by atoms with E-state index in [1.54, 1.807) is 71.0 Å². The molecule has 0 radical (unpaired) electrons. The van der Waals surface area contributed by atoms with E-state index in [-0.39, 0.29) is 99.4 Å². The summed E-state index contributed by atoms with van der Waals surface area (Å²) in [6.07, 6.45) is 2.20. The van der Waals surface area contributed by atoms with Gasteiger partial charge in [0.2, 0.25) is 5.69 Å². The topological polar surface area (TPSA) is 265 Å². The molecule has 4 aromatic carbocycles. The maximum Gasteiger partial charge on any atom is 0.304 e. The maximum absolute atomic E-state index is 16.0. The van der Waals surface area contributed by atoms with Crippen LogP contribution in [0.15, 0.2) is 116 Å². The first-order chi connectivity index (χ1) is 36.3. The fourth-order valence-electron chi connectivity index (χ4n) is 7.77. The van der Waals surface area contributed by atoms with Crippen LogP contribution in [-0.4, -0.2) is 88.1 Å². The number of alkyl halides is 2. The van der Waals surface area contributed by atoms with Gasteiger partial charge in [0.05, 0.1) is 43.3 Å². The van der Waals surface area contributed by atoms with Crippen molar-refractivity contribution in [2.75, 3.05) is 24.7 Å². The van der Waals surface area contributed by atoms with Crippen molar-refractivity contribution in [2.24, 2.45) is 0 Å². The van der Waals surface area contributed by atoms with Gasteiger partial charge in [-0.3, -0.25) is 5.73 Å². The van der Waals surface area contributed by atoms with Crippen molar-refractivity contribution >= 4 is 31.3 Å². The van der Waals surface area contributed by atoms with Crippen molar-refractivity contribution in [2.45, 2.75) is 99.6 Å². The van der Waals surface area contributed by atoms with Gasteiger partial charge in [-0.2, -0.15) is 0 Å². The molecule has 6 N–H and O–H groups in total. The number of nitrogens with zero attached hydrogens (tertiary/aromatic N) is 8. The van der Waals surface area contributed by atoms with E-state index >= 15 is 13.2 Å². The molecule has 0 saturated carbocycles. The lowest BCUT2D eigenvalue weighted by atomic mass is 10.1. The van der Waals surface area contributed by atoms with Crippen LogP contribution in [0.4, 0.5) is 29.2 Å². The molecule has 0 amide bonds. The minimum Gasteiger partial charge on any atom is -0.414 e. The summed E-state index contributed by atoms with van der Waals surface area (Å²) in [4.78, 5) is 13.7. The molecular weight excluding hydrogens is 1030 g/mol. The number of benzene rings is 4. The Morgan fingerprint density at radius 3 is 1.66 bits per heavy atom. The number of nitrogen functional groups attached to an aromatic ring is 2. The molecule has 18 nitrogen and oxygen atoms in total. The van der Waals surface area contributed by atoms with E-state index in [0.717, 1.165) is 0 Å². The minimum atomic E-state index is -3.61. The first kappa shape index (κ1) is 54.7. The highest BCUT2D eigenvalue weighted by Gasteiger charge is 2.28. The van der Waals surface area contributed by atoms with Crippen LogP contribution < -0.4 is 26.7 Å². The molecule has 4 heterocycles. The molecule has 8 rings (SSSR count). The first-order valence-corrected chi connectivity index (χ1v) is 27.3. The lowest BCUT2D eigenvalue weighted by Gasteiger charge is -2.13. The molecule has 8 aromatic rings. The third kappa shape index (κ3) is 11.9. The Bertz CT molecular complexity index is 3590. The van der Waals surface area contributed by atoms with Gasteiger partial charge in [0.15, 0.2) is 31.2 Å². The Labute approximate surface area is 436 Å². The van der Waals surface area contributed by atoms with Gasteiger partial charge in [0.1, 0.15) is 42.9 Å². The number of aromatic nitrogens is 8. The van der Waals surface area contributed by atoms with Gasteiger partial charge in [-0.25, -0.2) is 53.9 Å². The largest absolute Gasteiger partial charge is 0.414 e. The number of nitrogens with two attached hydrogens (primary N) is 2. The number of anilines is 2. The molecule has 0 aliphatic heterocycles. The third-order valence-corrected chi connectivity index (χ3v) is 17.4. The van der Waals surface area contributed by atoms with Crippen molar-refractivity contribution in [3.8, 4) is 68.6 Å². The summed E-state index contributed by atoms with van der Waals surface area (Å²) in [5.41, 5.74) is 15.3. The van der Waals surface area contributed by atoms with Crippen LogP contribution in [-0.2, 0) is 39.3 Å². The molecule has 0 saturated heterocycles. The lowest BCUT2D eigenvalue weighted by Crippen LogP contribution is -2.44. The summed E-state index contributed by atoms with van der Waals surface area (Å²) in [7, 11) is -7.12. The van der Waals surface area contributed by atoms with E-state index in [0.29, 0.717) is 40.8 Å². The summed E-state index contributed by atoms with van der Waals surface area (Å²) in [5, 5.41) is 21.0. The van der Waals surface area contributed by atoms with E-state index in [2.05, 4.69) is 46.0 Å². The highest BCUT2D eigenvalue weighted by atomic mass is 32.2. The molecule has 0 fully saturated rings. The van der Waals surface area contributed by atoms with Gasteiger partial charge < -0.3 is 25.2 Å². The summed E-state index contributed by atoms with van der Waals surface area (Å²) in [6, 6.07) is 20.5. The highest BCUT2D eigenvalue weighted by Crippen LogP contribution is 2.32. The smallest absolute Gasteiger partial charge is 0.304 e. The zero-order valence-corrected chi connectivity index (χ0v) is 43.6. The van der Waals surface area contributed by atoms with Crippen molar-refractivity contribution in [1.82, 2.24) is 46.0 Å². The highest BCUT2D eigenvalue weighted by molar-refractivity contribution is 7.92. The quantitative estimate of drug-likeness (QED) is 0.0369. The summed E-state index contributed by atoms with van der Waals surface area (Å²) in [6.45, 7) is 7.66. The second kappa shape index (κ2) is 23.1. The molecular formula is C52H55F4N12O6S2+. The van der Waals surface area contributed by atoms with Crippen molar-refractivity contribution < 1.29 is 47.8 Å². The summed E-state index contributed by atoms with van der Waals surface area (Å²) >= 11 is 0.